The van der Waals surface area contributed by atoms with Crippen molar-refractivity contribution in [1.29, 1.82) is 0 Å². The second kappa shape index (κ2) is 11.4. The van der Waals surface area contributed by atoms with Crippen molar-refractivity contribution in [2.75, 3.05) is 53.0 Å². The van der Waals surface area contributed by atoms with E-state index in [-0.39, 0.29) is 42.2 Å². The Bertz CT molecular complexity index is 736. The zero-order chi connectivity index (χ0) is 21.7. The molecule has 1 amide bonds. The van der Waals surface area contributed by atoms with Gasteiger partial charge in [-0.05, 0) is 39.8 Å². The number of hydrogen-bond donors (Lipinski definition) is 2. The third-order valence-corrected chi connectivity index (χ3v) is 5.14. The number of guanidine groups is 1. The fraction of sp³-hybridized carbons (Fsp3) is 0.714. The van der Waals surface area contributed by atoms with Crippen molar-refractivity contribution >= 4 is 36.0 Å². The molecule has 1 unspecified atom stereocenters. The van der Waals surface area contributed by atoms with E-state index < -0.39 is 5.60 Å². The van der Waals surface area contributed by atoms with E-state index in [0.717, 1.165) is 37.8 Å². The van der Waals surface area contributed by atoms with E-state index in [1.54, 1.807) is 11.9 Å². The Balaban J connectivity index is 0.00000341. The van der Waals surface area contributed by atoms with E-state index in [1.165, 1.54) is 0 Å². The summed E-state index contributed by atoms with van der Waals surface area (Å²) >= 11 is 0. The molecular formula is C21H36IN5O4. The topological polar surface area (TPSA) is 91.6 Å². The number of carbonyl (C=O) groups excluding carboxylic acids is 1. The highest BCUT2D eigenvalue weighted by Gasteiger charge is 2.34. The highest BCUT2D eigenvalue weighted by atomic mass is 127. The molecule has 0 aromatic carbocycles. The predicted octanol–water partition coefficient (Wildman–Crippen LogP) is 2.36. The predicted molar refractivity (Wildman–Crippen MR) is 130 cm³/mol. The first-order valence-electron chi connectivity index (χ1n) is 10.6. The van der Waals surface area contributed by atoms with E-state index in [1.807, 2.05) is 39.8 Å². The smallest absolute Gasteiger partial charge is 0.410 e. The summed E-state index contributed by atoms with van der Waals surface area (Å²) < 4.78 is 16.8. The van der Waals surface area contributed by atoms with E-state index in [9.17, 15) is 4.79 Å². The zero-order valence-corrected chi connectivity index (χ0v) is 21.5. The standard InChI is InChI=1S/C21H35N5O4.HI/c1-15-6-7-18(29-15)17(25-8-10-28-11-9-25)12-23-19(22-5)24-16-13-26(14-16)20(27)30-21(2,3)4;/h6-7,16-17H,8-14H2,1-5H3,(H2,22,23,24);1H. The molecule has 0 saturated carbocycles. The van der Waals surface area contributed by atoms with Gasteiger partial charge in [-0.2, -0.15) is 0 Å². The first-order chi connectivity index (χ1) is 14.2. The number of likely N-dealkylation sites (tertiary alicyclic amines) is 1. The molecule has 1 aromatic rings. The second-order valence-electron chi connectivity index (χ2n) is 8.79. The minimum atomic E-state index is -0.480. The van der Waals surface area contributed by atoms with Gasteiger partial charge < -0.3 is 29.4 Å². The molecule has 1 atom stereocenters. The van der Waals surface area contributed by atoms with Gasteiger partial charge in [0, 0.05) is 39.8 Å². The van der Waals surface area contributed by atoms with Crippen molar-refractivity contribution in [3.63, 3.8) is 0 Å². The van der Waals surface area contributed by atoms with Crippen molar-refractivity contribution in [1.82, 2.24) is 20.4 Å². The molecule has 0 bridgehead atoms. The highest BCUT2D eigenvalue weighted by Crippen LogP contribution is 2.23. The summed E-state index contributed by atoms with van der Waals surface area (Å²) in [5, 5.41) is 6.80. The van der Waals surface area contributed by atoms with Gasteiger partial charge in [0.05, 0.1) is 25.3 Å². The van der Waals surface area contributed by atoms with Gasteiger partial charge in [0.15, 0.2) is 5.96 Å². The molecule has 1 aromatic heterocycles. The van der Waals surface area contributed by atoms with Crippen LogP contribution < -0.4 is 10.6 Å². The number of furan rings is 1. The maximum absolute atomic E-state index is 12.1. The third kappa shape index (κ3) is 7.53. The number of nitrogens with one attached hydrogen (secondary N) is 2. The molecule has 2 fully saturated rings. The molecule has 3 heterocycles. The quantitative estimate of drug-likeness (QED) is 0.331. The molecule has 9 nitrogen and oxygen atoms in total. The van der Waals surface area contributed by atoms with Gasteiger partial charge in [0.2, 0.25) is 0 Å². The largest absolute Gasteiger partial charge is 0.465 e. The van der Waals surface area contributed by atoms with Gasteiger partial charge in [-0.15, -0.1) is 24.0 Å². The molecular weight excluding hydrogens is 513 g/mol. The summed E-state index contributed by atoms with van der Waals surface area (Å²) in [5.41, 5.74) is -0.480. The Morgan fingerprint density at radius 1 is 1.29 bits per heavy atom. The summed E-state index contributed by atoms with van der Waals surface area (Å²) in [4.78, 5) is 20.5. The monoisotopic (exact) mass is 549 g/mol. The summed E-state index contributed by atoms with van der Waals surface area (Å²) in [6.07, 6.45) is -0.274. The number of aliphatic imine (C=N–C) groups is 1. The molecule has 31 heavy (non-hydrogen) atoms. The number of amides is 1. The molecule has 2 N–H and O–H groups in total. The van der Waals surface area contributed by atoms with Gasteiger partial charge in [-0.1, -0.05) is 0 Å². The van der Waals surface area contributed by atoms with Crippen molar-refractivity contribution < 1.29 is 18.7 Å². The molecule has 0 spiro atoms. The lowest BCUT2D eigenvalue weighted by atomic mass is 10.1. The average molecular weight is 549 g/mol. The van der Waals surface area contributed by atoms with Crippen LogP contribution >= 0.6 is 24.0 Å². The maximum atomic E-state index is 12.1. The number of rotatable bonds is 5. The summed E-state index contributed by atoms with van der Waals surface area (Å²) in [5.74, 6) is 2.56. The number of nitrogens with zero attached hydrogens (tertiary/aromatic N) is 3. The lowest BCUT2D eigenvalue weighted by Gasteiger charge is -2.40. The Hall–Kier alpha value is -1.53. The van der Waals surface area contributed by atoms with E-state index in [2.05, 4.69) is 20.5 Å². The Kier molecular flexibility index (Phi) is 9.44. The van der Waals surface area contributed by atoms with Crippen LogP contribution in [0.4, 0.5) is 4.79 Å². The molecule has 2 aliphatic heterocycles. The first-order valence-corrected chi connectivity index (χ1v) is 10.6. The van der Waals surface area contributed by atoms with Crippen LogP contribution in [0.25, 0.3) is 0 Å². The van der Waals surface area contributed by atoms with Gasteiger partial charge in [0.1, 0.15) is 17.1 Å². The van der Waals surface area contributed by atoms with Crippen LogP contribution in [-0.2, 0) is 9.47 Å². The normalized spacial score (nSPS) is 19.3. The van der Waals surface area contributed by atoms with Gasteiger partial charge in [-0.3, -0.25) is 9.89 Å². The highest BCUT2D eigenvalue weighted by molar-refractivity contribution is 14.0. The minimum absolute atomic E-state index is 0. The Morgan fingerprint density at radius 2 is 1.97 bits per heavy atom. The van der Waals surface area contributed by atoms with Gasteiger partial charge in [0.25, 0.3) is 0 Å². The molecule has 0 radical (unpaired) electrons. The number of morpholine rings is 1. The number of ether oxygens (including phenoxy) is 2. The molecule has 0 aliphatic carbocycles. The van der Waals surface area contributed by atoms with Crippen LogP contribution in [-0.4, -0.2) is 86.5 Å². The average Bonchev–Trinajstić information content (AvgIpc) is 3.08. The number of hydrogen-bond acceptors (Lipinski definition) is 6. The third-order valence-electron chi connectivity index (χ3n) is 5.14. The van der Waals surface area contributed by atoms with Crippen molar-refractivity contribution in [2.24, 2.45) is 4.99 Å². The Labute approximate surface area is 201 Å². The summed E-state index contributed by atoms with van der Waals surface area (Å²) in [7, 11) is 1.75. The zero-order valence-electron chi connectivity index (χ0n) is 19.1. The van der Waals surface area contributed by atoms with Crippen LogP contribution in [0, 0.1) is 6.92 Å². The van der Waals surface area contributed by atoms with Crippen molar-refractivity contribution in [2.45, 2.75) is 45.4 Å². The minimum Gasteiger partial charge on any atom is -0.465 e. The molecule has 3 rings (SSSR count). The van der Waals surface area contributed by atoms with Crippen LogP contribution in [0.2, 0.25) is 0 Å². The van der Waals surface area contributed by atoms with Crippen LogP contribution in [0.3, 0.4) is 0 Å². The molecule has 176 valence electrons. The summed E-state index contributed by atoms with van der Waals surface area (Å²) in [6.45, 7) is 12.6. The van der Waals surface area contributed by atoms with E-state index >= 15 is 0 Å². The number of carbonyl (C=O) groups is 1. The van der Waals surface area contributed by atoms with Gasteiger partial charge in [-0.25, -0.2) is 4.79 Å². The van der Waals surface area contributed by atoms with Gasteiger partial charge >= 0.3 is 6.09 Å². The molecule has 10 heteroatoms. The lowest BCUT2D eigenvalue weighted by molar-refractivity contribution is 0.00673. The summed E-state index contributed by atoms with van der Waals surface area (Å²) in [6, 6.07) is 4.28. The van der Waals surface area contributed by atoms with E-state index in [0.29, 0.717) is 25.6 Å². The van der Waals surface area contributed by atoms with E-state index in [4.69, 9.17) is 13.9 Å². The first kappa shape index (κ1) is 25.7. The van der Waals surface area contributed by atoms with Crippen LogP contribution in [0.15, 0.2) is 21.5 Å². The lowest BCUT2D eigenvalue weighted by Crippen LogP contribution is -2.63. The Morgan fingerprint density at radius 3 is 2.52 bits per heavy atom. The number of halogens is 1. The maximum Gasteiger partial charge on any atom is 0.410 e. The molecule has 2 aliphatic rings. The fourth-order valence-electron chi connectivity index (χ4n) is 3.56. The number of aryl methyl sites for hydroxylation is 1. The fourth-order valence-corrected chi connectivity index (χ4v) is 3.56. The van der Waals surface area contributed by atoms with Crippen molar-refractivity contribution in [3.8, 4) is 0 Å². The SMILES string of the molecule is CN=C(NCC(c1ccc(C)o1)N1CCOCC1)NC1CN(C(=O)OC(C)(C)C)C1.I. The van der Waals surface area contributed by atoms with Crippen LogP contribution in [0.1, 0.15) is 38.3 Å². The second-order valence-corrected chi connectivity index (χ2v) is 8.79. The van der Waals surface area contributed by atoms with Crippen molar-refractivity contribution in [3.05, 3.63) is 23.7 Å². The molecule has 2 saturated heterocycles. The van der Waals surface area contributed by atoms with Crippen LogP contribution in [0.5, 0.6) is 0 Å².